The molecule has 0 saturated heterocycles. The molecular formula is C22H34O4. The molecule has 0 fully saturated rings. The van der Waals surface area contributed by atoms with Crippen LogP contribution in [0.3, 0.4) is 0 Å². The lowest BCUT2D eigenvalue weighted by Gasteiger charge is -2.43. The maximum atomic E-state index is 11.9. The van der Waals surface area contributed by atoms with Gasteiger partial charge in [0, 0.05) is 5.41 Å². The first-order valence-electron chi connectivity index (χ1n) is 9.86. The van der Waals surface area contributed by atoms with Gasteiger partial charge in [-0.15, -0.1) is 0 Å². The number of carboxylic acids is 2. The topological polar surface area (TPSA) is 74.6 Å². The van der Waals surface area contributed by atoms with E-state index < -0.39 is 22.9 Å². The highest BCUT2D eigenvalue weighted by Crippen LogP contribution is 2.50. The molecule has 2 unspecified atom stereocenters. The molecule has 2 atom stereocenters. The molecule has 0 aliphatic heterocycles. The fourth-order valence-corrected chi connectivity index (χ4v) is 4.13. The summed E-state index contributed by atoms with van der Waals surface area (Å²) in [5.74, 6) is -2.20. The Morgan fingerprint density at radius 2 is 1.65 bits per heavy atom. The number of allylic oxidation sites excluding steroid dienone is 5. The van der Waals surface area contributed by atoms with Crippen LogP contribution >= 0.6 is 0 Å². The first-order chi connectivity index (χ1) is 12.3. The highest BCUT2D eigenvalue weighted by molar-refractivity contribution is 6.13. The first-order valence-corrected chi connectivity index (χ1v) is 9.86. The number of hydrogen-bond donors (Lipinski definition) is 2. The van der Waals surface area contributed by atoms with Crippen molar-refractivity contribution in [2.45, 2.75) is 72.6 Å². The molecule has 2 N–H and O–H groups in total. The van der Waals surface area contributed by atoms with Crippen LogP contribution in [0.1, 0.15) is 72.6 Å². The monoisotopic (exact) mass is 362 g/mol. The number of unbranched alkanes of at least 4 members (excludes halogenated alkanes) is 2. The Bertz CT molecular complexity index is 567. The number of hydrogen-bond acceptors (Lipinski definition) is 2. The first kappa shape index (κ1) is 22.2. The molecular weight excluding hydrogens is 328 g/mol. The predicted molar refractivity (Wildman–Crippen MR) is 105 cm³/mol. The van der Waals surface area contributed by atoms with E-state index in [-0.39, 0.29) is 5.92 Å². The van der Waals surface area contributed by atoms with Crippen molar-refractivity contribution >= 4 is 11.9 Å². The Labute approximate surface area is 157 Å². The number of aliphatic carboxylic acids is 2. The van der Waals surface area contributed by atoms with E-state index in [1.165, 1.54) is 0 Å². The molecule has 0 radical (unpaired) electrons. The average molecular weight is 363 g/mol. The van der Waals surface area contributed by atoms with Crippen molar-refractivity contribution in [2.75, 3.05) is 0 Å². The van der Waals surface area contributed by atoms with E-state index in [1.807, 2.05) is 19.1 Å². The maximum absolute atomic E-state index is 11.9. The molecule has 0 aromatic heterocycles. The molecule has 4 heteroatoms. The molecule has 0 saturated carbocycles. The van der Waals surface area contributed by atoms with Crippen molar-refractivity contribution in [2.24, 2.45) is 17.3 Å². The lowest BCUT2D eigenvalue weighted by Crippen LogP contribution is -2.36. The molecule has 0 aromatic rings. The van der Waals surface area contributed by atoms with Crippen LogP contribution in [0.25, 0.3) is 0 Å². The average Bonchev–Trinajstić information content (AvgIpc) is 2.56. The van der Waals surface area contributed by atoms with Gasteiger partial charge in [-0.25, -0.2) is 9.59 Å². The minimum absolute atomic E-state index is 0.135. The number of carboxylic acid groups (broad SMARTS) is 2. The van der Waals surface area contributed by atoms with E-state index in [9.17, 15) is 19.8 Å². The normalized spacial score (nSPS) is 21.8. The highest BCUT2D eigenvalue weighted by Gasteiger charge is 2.43. The zero-order chi connectivity index (χ0) is 19.7. The molecule has 1 rings (SSSR count). The lowest BCUT2D eigenvalue weighted by molar-refractivity contribution is -0.140. The second kappa shape index (κ2) is 10.3. The van der Waals surface area contributed by atoms with Gasteiger partial charge in [-0.2, -0.15) is 0 Å². The van der Waals surface area contributed by atoms with Crippen LogP contribution in [-0.2, 0) is 9.59 Å². The summed E-state index contributed by atoms with van der Waals surface area (Å²) in [6.07, 6.45) is 14.2. The molecule has 0 amide bonds. The van der Waals surface area contributed by atoms with E-state index in [0.717, 1.165) is 38.5 Å². The Kier molecular flexibility index (Phi) is 8.83. The van der Waals surface area contributed by atoms with E-state index in [0.29, 0.717) is 17.9 Å². The Hall–Kier alpha value is -1.84. The summed E-state index contributed by atoms with van der Waals surface area (Å²) in [6.45, 7) is 8.41. The maximum Gasteiger partial charge on any atom is 0.343 e. The van der Waals surface area contributed by atoms with Gasteiger partial charge in [0.25, 0.3) is 0 Å². The fraction of sp³-hybridized carbons (Fsp3) is 0.636. The lowest BCUT2D eigenvalue weighted by atomic mass is 9.60. The molecule has 0 aromatic carbocycles. The molecule has 0 spiro atoms. The summed E-state index contributed by atoms with van der Waals surface area (Å²) in [5.41, 5.74) is -0.366. The smallest absolute Gasteiger partial charge is 0.343 e. The van der Waals surface area contributed by atoms with Gasteiger partial charge in [0.05, 0.1) is 0 Å². The summed E-state index contributed by atoms with van der Waals surface area (Å²) < 4.78 is 0. The summed E-state index contributed by atoms with van der Waals surface area (Å²) in [6, 6.07) is 0. The standard InChI is InChI=1S/C22H34O4/c1-5-7-11-17-12-9-10-14-22(17,15-16(3)4)18(13-8-6-2)19(20(23)24)21(25)26/h9-10,12,14,16-17H,5-8,11,13,15H2,1-4H3,(H,23,24)(H,25,26). The van der Waals surface area contributed by atoms with E-state index in [2.05, 4.69) is 32.9 Å². The predicted octanol–water partition coefficient (Wildman–Crippen LogP) is 5.61. The second-order valence-electron chi connectivity index (χ2n) is 7.70. The quantitative estimate of drug-likeness (QED) is 0.285. The zero-order valence-corrected chi connectivity index (χ0v) is 16.6. The van der Waals surface area contributed by atoms with E-state index >= 15 is 0 Å². The number of rotatable bonds is 11. The van der Waals surface area contributed by atoms with Crippen molar-refractivity contribution < 1.29 is 19.8 Å². The molecule has 0 bridgehead atoms. The Morgan fingerprint density at radius 1 is 1.04 bits per heavy atom. The van der Waals surface area contributed by atoms with Crippen molar-refractivity contribution in [3.05, 3.63) is 35.5 Å². The molecule has 0 heterocycles. The SMILES string of the molecule is CCCCC(=C(C(=O)O)C(=O)O)C1(CC(C)C)C=CC=CC1CCCC. The van der Waals surface area contributed by atoms with Gasteiger partial charge in [0.1, 0.15) is 5.57 Å². The Balaban J connectivity index is 3.64. The van der Waals surface area contributed by atoms with Crippen LogP contribution in [-0.4, -0.2) is 22.2 Å². The van der Waals surface area contributed by atoms with Crippen LogP contribution in [0, 0.1) is 17.3 Å². The summed E-state index contributed by atoms with van der Waals surface area (Å²) in [5, 5.41) is 19.3. The fourth-order valence-electron chi connectivity index (χ4n) is 4.13. The minimum Gasteiger partial charge on any atom is -0.477 e. The third kappa shape index (κ3) is 5.33. The van der Waals surface area contributed by atoms with Crippen LogP contribution in [0.15, 0.2) is 35.5 Å². The molecule has 1 aliphatic rings. The Morgan fingerprint density at radius 3 is 2.15 bits per heavy atom. The van der Waals surface area contributed by atoms with Crippen molar-refractivity contribution in [1.29, 1.82) is 0 Å². The van der Waals surface area contributed by atoms with Crippen LogP contribution in [0.5, 0.6) is 0 Å². The van der Waals surface area contributed by atoms with Crippen molar-refractivity contribution in [3.63, 3.8) is 0 Å². The third-order valence-corrected chi connectivity index (χ3v) is 5.20. The molecule has 26 heavy (non-hydrogen) atoms. The van der Waals surface area contributed by atoms with Gasteiger partial charge in [-0.05, 0) is 43.1 Å². The van der Waals surface area contributed by atoms with Gasteiger partial charge < -0.3 is 10.2 Å². The summed E-state index contributed by atoms with van der Waals surface area (Å²) >= 11 is 0. The van der Waals surface area contributed by atoms with Gasteiger partial charge in [0.2, 0.25) is 0 Å². The van der Waals surface area contributed by atoms with Gasteiger partial charge in [-0.1, -0.05) is 71.3 Å². The molecule has 4 nitrogen and oxygen atoms in total. The molecule has 1 aliphatic carbocycles. The second-order valence-corrected chi connectivity index (χ2v) is 7.70. The summed E-state index contributed by atoms with van der Waals surface area (Å²) in [7, 11) is 0. The zero-order valence-electron chi connectivity index (χ0n) is 16.6. The van der Waals surface area contributed by atoms with Crippen LogP contribution < -0.4 is 0 Å². The van der Waals surface area contributed by atoms with Crippen molar-refractivity contribution in [1.82, 2.24) is 0 Å². The van der Waals surface area contributed by atoms with Gasteiger partial charge >= 0.3 is 11.9 Å². The van der Waals surface area contributed by atoms with E-state index in [1.54, 1.807) is 0 Å². The summed E-state index contributed by atoms with van der Waals surface area (Å²) in [4.78, 5) is 23.7. The van der Waals surface area contributed by atoms with Gasteiger partial charge in [0.15, 0.2) is 0 Å². The van der Waals surface area contributed by atoms with Crippen molar-refractivity contribution in [3.8, 4) is 0 Å². The van der Waals surface area contributed by atoms with Crippen LogP contribution in [0.2, 0.25) is 0 Å². The van der Waals surface area contributed by atoms with Gasteiger partial charge in [-0.3, -0.25) is 0 Å². The largest absolute Gasteiger partial charge is 0.477 e. The van der Waals surface area contributed by atoms with Crippen LogP contribution in [0.4, 0.5) is 0 Å². The highest BCUT2D eigenvalue weighted by atomic mass is 16.4. The number of carbonyl (C=O) groups is 2. The molecule has 146 valence electrons. The minimum atomic E-state index is -1.33. The third-order valence-electron chi connectivity index (χ3n) is 5.20. The van der Waals surface area contributed by atoms with E-state index in [4.69, 9.17) is 0 Å².